The molecule has 3 rings (SSSR count). The van der Waals surface area contributed by atoms with Crippen molar-refractivity contribution in [2.75, 3.05) is 11.9 Å². The number of benzene rings is 2. The highest BCUT2D eigenvalue weighted by atomic mass is 19.1. The van der Waals surface area contributed by atoms with Gasteiger partial charge in [-0.3, -0.25) is 9.59 Å². The van der Waals surface area contributed by atoms with Gasteiger partial charge in [0.05, 0.1) is 30.0 Å². The lowest BCUT2D eigenvalue weighted by molar-refractivity contribution is -0.123. The number of nitrogens with zero attached hydrogens (tertiary/aromatic N) is 2. The summed E-state index contributed by atoms with van der Waals surface area (Å²) < 4.78 is 14.9. The zero-order chi connectivity index (χ0) is 20.1. The van der Waals surface area contributed by atoms with E-state index in [4.69, 9.17) is 0 Å². The molecule has 0 saturated carbocycles. The summed E-state index contributed by atoms with van der Waals surface area (Å²) in [6.45, 7) is 3.66. The van der Waals surface area contributed by atoms with E-state index in [1.54, 1.807) is 22.9 Å². The Morgan fingerprint density at radius 2 is 1.82 bits per heavy atom. The molecule has 0 aliphatic rings. The molecule has 0 radical (unpaired) electrons. The van der Waals surface area contributed by atoms with Gasteiger partial charge in [-0.1, -0.05) is 24.3 Å². The molecule has 0 saturated heterocycles. The largest absolute Gasteiger partial charge is 0.347 e. The molecule has 144 valence electrons. The number of hydrogen-bond donors (Lipinski definition) is 2. The number of rotatable bonds is 6. The molecule has 1 aromatic heterocycles. The van der Waals surface area contributed by atoms with E-state index in [1.807, 2.05) is 38.1 Å². The molecule has 7 heteroatoms. The van der Waals surface area contributed by atoms with Crippen LogP contribution in [0.1, 0.15) is 17.0 Å². The van der Waals surface area contributed by atoms with Crippen molar-refractivity contribution in [3.63, 3.8) is 0 Å². The Kier molecular flexibility index (Phi) is 5.84. The number of para-hydroxylation sites is 2. The van der Waals surface area contributed by atoms with E-state index in [9.17, 15) is 14.0 Å². The van der Waals surface area contributed by atoms with Crippen molar-refractivity contribution in [2.24, 2.45) is 0 Å². The molecule has 0 atom stereocenters. The first-order chi connectivity index (χ1) is 13.4. The summed E-state index contributed by atoms with van der Waals surface area (Å²) in [5, 5.41) is 9.79. The van der Waals surface area contributed by atoms with Crippen molar-refractivity contribution in [1.29, 1.82) is 0 Å². The molecule has 0 bridgehead atoms. The molecule has 6 nitrogen and oxygen atoms in total. The minimum Gasteiger partial charge on any atom is -0.347 e. The SMILES string of the molecule is Cc1cc(C)n(-c2ccccc2NC(=O)CNC(=O)Cc2cccc(F)c2)n1. The van der Waals surface area contributed by atoms with Crippen LogP contribution in [0.15, 0.2) is 54.6 Å². The van der Waals surface area contributed by atoms with Crippen LogP contribution in [0.5, 0.6) is 0 Å². The van der Waals surface area contributed by atoms with E-state index in [1.165, 1.54) is 12.1 Å². The van der Waals surface area contributed by atoms with E-state index in [0.29, 0.717) is 11.3 Å². The second-order valence-corrected chi connectivity index (χ2v) is 6.49. The smallest absolute Gasteiger partial charge is 0.243 e. The van der Waals surface area contributed by atoms with Gasteiger partial charge >= 0.3 is 0 Å². The fourth-order valence-corrected chi connectivity index (χ4v) is 2.90. The number of carbonyl (C=O) groups excluding carboxylic acids is 2. The van der Waals surface area contributed by atoms with E-state index >= 15 is 0 Å². The monoisotopic (exact) mass is 380 g/mol. The lowest BCUT2D eigenvalue weighted by atomic mass is 10.1. The summed E-state index contributed by atoms with van der Waals surface area (Å²) >= 11 is 0. The van der Waals surface area contributed by atoms with Crippen LogP contribution < -0.4 is 10.6 Å². The van der Waals surface area contributed by atoms with E-state index in [2.05, 4.69) is 15.7 Å². The van der Waals surface area contributed by atoms with Crippen molar-refractivity contribution in [2.45, 2.75) is 20.3 Å². The van der Waals surface area contributed by atoms with E-state index in [0.717, 1.165) is 17.1 Å². The number of carbonyl (C=O) groups is 2. The predicted molar refractivity (Wildman–Crippen MR) is 105 cm³/mol. The Labute approximate surface area is 162 Å². The van der Waals surface area contributed by atoms with Crippen molar-refractivity contribution >= 4 is 17.5 Å². The van der Waals surface area contributed by atoms with E-state index < -0.39 is 5.82 Å². The van der Waals surface area contributed by atoms with E-state index in [-0.39, 0.29) is 24.8 Å². The second-order valence-electron chi connectivity index (χ2n) is 6.49. The number of nitrogens with one attached hydrogen (secondary N) is 2. The first kappa shape index (κ1) is 19.3. The minimum atomic E-state index is -0.399. The normalized spacial score (nSPS) is 10.5. The highest BCUT2D eigenvalue weighted by Gasteiger charge is 2.12. The highest BCUT2D eigenvalue weighted by Crippen LogP contribution is 2.21. The summed E-state index contributed by atoms with van der Waals surface area (Å²) in [4.78, 5) is 24.3. The van der Waals surface area contributed by atoms with Gasteiger partial charge < -0.3 is 10.6 Å². The quantitative estimate of drug-likeness (QED) is 0.690. The van der Waals surface area contributed by atoms with Crippen molar-refractivity contribution in [3.8, 4) is 5.69 Å². The lowest BCUT2D eigenvalue weighted by Crippen LogP contribution is -2.34. The van der Waals surface area contributed by atoms with Crippen LogP contribution in [-0.2, 0) is 16.0 Å². The van der Waals surface area contributed by atoms with Crippen molar-refractivity contribution in [3.05, 3.63) is 77.4 Å². The van der Waals surface area contributed by atoms with Gasteiger partial charge in [0, 0.05) is 5.69 Å². The van der Waals surface area contributed by atoms with Crippen molar-refractivity contribution < 1.29 is 14.0 Å². The Morgan fingerprint density at radius 1 is 1.04 bits per heavy atom. The summed E-state index contributed by atoms with van der Waals surface area (Å²) in [5.74, 6) is -1.11. The summed E-state index contributed by atoms with van der Waals surface area (Å²) in [6.07, 6.45) is 0.00733. The predicted octanol–water partition coefficient (Wildman–Crippen LogP) is 2.93. The molecule has 0 unspecified atom stereocenters. The molecule has 3 aromatic rings. The maximum Gasteiger partial charge on any atom is 0.243 e. The van der Waals surface area contributed by atoms with Gasteiger partial charge in [-0.15, -0.1) is 0 Å². The molecule has 2 amide bonds. The van der Waals surface area contributed by atoms with Gasteiger partial charge in [0.1, 0.15) is 5.82 Å². The number of aryl methyl sites for hydroxylation is 2. The van der Waals surface area contributed by atoms with Gasteiger partial charge in [-0.25, -0.2) is 9.07 Å². The summed E-state index contributed by atoms with van der Waals surface area (Å²) in [5.41, 5.74) is 3.71. The standard InChI is InChI=1S/C21H21FN4O2/c1-14-10-15(2)26(25-14)19-9-4-3-8-18(19)24-21(28)13-23-20(27)12-16-6-5-7-17(22)11-16/h3-11H,12-13H2,1-2H3,(H,23,27)(H,24,28). The van der Waals surface area contributed by atoms with Crippen molar-refractivity contribution in [1.82, 2.24) is 15.1 Å². The molecule has 1 heterocycles. The third-order valence-electron chi connectivity index (χ3n) is 4.12. The van der Waals surface area contributed by atoms with Gasteiger partial charge in [-0.2, -0.15) is 5.10 Å². The Morgan fingerprint density at radius 3 is 2.54 bits per heavy atom. The Hall–Kier alpha value is -3.48. The van der Waals surface area contributed by atoms with Gasteiger partial charge in [0.25, 0.3) is 0 Å². The second kappa shape index (κ2) is 8.47. The minimum absolute atomic E-state index is 0.00733. The van der Waals surface area contributed by atoms with Gasteiger partial charge in [0.15, 0.2) is 0 Å². The average molecular weight is 380 g/mol. The number of halogens is 1. The fraction of sp³-hybridized carbons (Fsp3) is 0.190. The van der Waals surface area contributed by atoms with Gasteiger partial charge in [-0.05, 0) is 49.7 Å². The number of amides is 2. The fourth-order valence-electron chi connectivity index (χ4n) is 2.90. The molecule has 0 spiro atoms. The van der Waals surface area contributed by atoms with Crippen LogP contribution in [0.3, 0.4) is 0 Å². The molecular weight excluding hydrogens is 359 g/mol. The number of anilines is 1. The summed E-state index contributed by atoms with van der Waals surface area (Å²) in [6, 6.07) is 15.1. The van der Waals surface area contributed by atoms with Crippen LogP contribution in [0.2, 0.25) is 0 Å². The third-order valence-corrected chi connectivity index (χ3v) is 4.12. The summed E-state index contributed by atoms with van der Waals surface area (Å²) in [7, 11) is 0. The maximum absolute atomic E-state index is 13.2. The van der Waals surface area contributed by atoms with Crippen LogP contribution in [0, 0.1) is 19.7 Å². The van der Waals surface area contributed by atoms with Gasteiger partial charge in [0.2, 0.25) is 11.8 Å². The first-order valence-corrected chi connectivity index (χ1v) is 8.86. The molecule has 0 fully saturated rings. The Balaban J connectivity index is 1.61. The van der Waals surface area contributed by atoms with Crippen LogP contribution in [0.4, 0.5) is 10.1 Å². The number of aromatic nitrogens is 2. The zero-order valence-electron chi connectivity index (χ0n) is 15.7. The zero-order valence-corrected chi connectivity index (χ0v) is 15.7. The topological polar surface area (TPSA) is 76.0 Å². The highest BCUT2D eigenvalue weighted by molar-refractivity contribution is 5.96. The molecule has 2 aromatic carbocycles. The molecule has 0 aliphatic heterocycles. The third kappa shape index (κ3) is 4.82. The first-order valence-electron chi connectivity index (χ1n) is 8.86. The van der Waals surface area contributed by atoms with Crippen LogP contribution in [-0.4, -0.2) is 28.1 Å². The van der Waals surface area contributed by atoms with Crippen LogP contribution >= 0.6 is 0 Å². The molecule has 0 aliphatic carbocycles. The maximum atomic E-state index is 13.2. The molecule has 2 N–H and O–H groups in total. The number of hydrogen-bond acceptors (Lipinski definition) is 3. The van der Waals surface area contributed by atoms with Crippen LogP contribution in [0.25, 0.3) is 5.69 Å². The average Bonchev–Trinajstić information content (AvgIpc) is 2.98. The lowest BCUT2D eigenvalue weighted by Gasteiger charge is -2.13. The molecular formula is C21H21FN4O2. The Bertz CT molecular complexity index is 1010. The molecule has 28 heavy (non-hydrogen) atoms.